The van der Waals surface area contributed by atoms with Crippen LogP contribution in [0.25, 0.3) is 0 Å². The van der Waals surface area contributed by atoms with Gasteiger partial charge in [-0.1, -0.05) is 0 Å². The first-order chi connectivity index (χ1) is 9.92. The van der Waals surface area contributed by atoms with Crippen molar-refractivity contribution in [3.63, 3.8) is 0 Å². The zero-order chi connectivity index (χ0) is 16.0. The van der Waals surface area contributed by atoms with Gasteiger partial charge in [0.25, 0.3) is 0 Å². The summed E-state index contributed by atoms with van der Waals surface area (Å²) in [5.41, 5.74) is 4.91. The molecule has 6 nitrogen and oxygen atoms in total. The first-order valence-corrected chi connectivity index (χ1v) is 6.75. The molecule has 1 rings (SSSR count). The van der Waals surface area contributed by atoms with Gasteiger partial charge in [-0.3, -0.25) is 4.79 Å². The number of aromatic carboxylic acids is 1. The number of hydrogen-bond acceptors (Lipinski definition) is 4. The Hall–Kier alpha value is -2.31. The Labute approximate surface area is 122 Å². The van der Waals surface area contributed by atoms with Crippen molar-refractivity contribution in [3.05, 3.63) is 23.5 Å². The van der Waals surface area contributed by atoms with E-state index in [1.54, 1.807) is 4.90 Å². The summed E-state index contributed by atoms with van der Waals surface area (Å²) in [6.07, 6.45) is 0.220. The Kier molecular flexibility index (Phi) is 5.95. The molecule has 1 amide bonds. The normalized spacial score (nSPS) is 10.2. The predicted molar refractivity (Wildman–Crippen MR) is 78.8 cm³/mol. The molecule has 4 N–H and O–H groups in total. The van der Waals surface area contributed by atoms with Crippen molar-refractivity contribution in [2.75, 3.05) is 30.7 Å². The van der Waals surface area contributed by atoms with E-state index < -0.39 is 17.5 Å². The number of nitrogen functional groups attached to an aromatic ring is 1. The number of nitrogens with two attached hydrogens (primary N) is 1. The van der Waals surface area contributed by atoms with Crippen LogP contribution in [-0.2, 0) is 4.79 Å². The highest BCUT2D eigenvalue weighted by molar-refractivity contribution is 6.00. The molecule has 0 radical (unpaired) electrons. The number of carboxylic acid groups (broad SMARTS) is 1. The summed E-state index contributed by atoms with van der Waals surface area (Å²) in [5, 5.41) is 11.9. The number of carbonyl (C=O) groups excluding carboxylic acids is 1. The van der Waals surface area contributed by atoms with Crippen molar-refractivity contribution in [2.45, 2.75) is 20.3 Å². The number of nitrogens with zero attached hydrogens (tertiary/aromatic N) is 1. The van der Waals surface area contributed by atoms with E-state index in [4.69, 9.17) is 10.8 Å². The SMILES string of the molecule is CCN(CC)C(=O)CCNc1ccc(F)c(N)c1C(=O)O. The molecule has 1 aromatic carbocycles. The average molecular weight is 297 g/mol. The minimum atomic E-state index is -1.32. The van der Waals surface area contributed by atoms with Crippen LogP contribution >= 0.6 is 0 Å². The zero-order valence-corrected chi connectivity index (χ0v) is 12.1. The molecule has 0 spiro atoms. The summed E-state index contributed by atoms with van der Waals surface area (Å²) >= 11 is 0. The number of anilines is 2. The van der Waals surface area contributed by atoms with Crippen molar-refractivity contribution < 1.29 is 19.1 Å². The van der Waals surface area contributed by atoms with Crippen LogP contribution in [-0.4, -0.2) is 41.5 Å². The number of benzene rings is 1. The molecule has 0 aromatic heterocycles. The van der Waals surface area contributed by atoms with Crippen LogP contribution in [0.15, 0.2) is 12.1 Å². The number of carboxylic acids is 1. The molecule has 0 saturated heterocycles. The lowest BCUT2D eigenvalue weighted by Crippen LogP contribution is -2.31. The Morgan fingerprint density at radius 2 is 1.95 bits per heavy atom. The van der Waals surface area contributed by atoms with Gasteiger partial charge >= 0.3 is 5.97 Å². The standard InChI is InChI=1S/C14H20FN3O3/c1-3-18(4-2)11(19)7-8-17-10-6-5-9(15)13(16)12(10)14(20)21/h5-6,17H,3-4,7-8,16H2,1-2H3,(H,20,21). The number of hydrogen-bond donors (Lipinski definition) is 3. The first kappa shape index (κ1) is 16.7. The molecule has 21 heavy (non-hydrogen) atoms. The van der Waals surface area contributed by atoms with Gasteiger partial charge in [-0.25, -0.2) is 9.18 Å². The smallest absolute Gasteiger partial charge is 0.340 e. The maximum atomic E-state index is 13.3. The van der Waals surface area contributed by atoms with Crippen LogP contribution in [0, 0.1) is 5.82 Å². The van der Waals surface area contributed by atoms with Crippen LogP contribution < -0.4 is 11.1 Å². The van der Waals surface area contributed by atoms with Gasteiger partial charge in [-0.05, 0) is 26.0 Å². The second-order valence-corrected chi connectivity index (χ2v) is 4.43. The van der Waals surface area contributed by atoms with E-state index in [-0.39, 0.29) is 30.1 Å². The fourth-order valence-corrected chi connectivity index (χ4v) is 2.01. The minimum absolute atomic E-state index is 0.0283. The van der Waals surface area contributed by atoms with E-state index in [0.29, 0.717) is 13.1 Å². The highest BCUT2D eigenvalue weighted by Gasteiger charge is 2.17. The van der Waals surface area contributed by atoms with Gasteiger partial charge in [-0.2, -0.15) is 0 Å². The average Bonchev–Trinajstić information content (AvgIpc) is 2.43. The summed E-state index contributed by atoms with van der Waals surface area (Å²) in [5.74, 6) is -2.12. The Morgan fingerprint density at radius 3 is 2.48 bits per heavy atom. The summed E-state index contributed by atoms with van der Waals surface area (Å²) in [4.78, 5) is 24.6. The molecule has 0 saturated carbocycles. The fourth-order valence-electron chi connectivity index (χ4n) is 2.01. The maximum absolute atomic E-state index is 13.3. The number of carbonyl (C=O) groups is 2. The molecular formula is C14H20FN3O3. The molecule has 0 heterocycles. The van der Waals surface area contributed by atoms with Gasteiger partial charge < -0.3 is 21.1 Å². The van der Waals surface area contributed by atoms with Gasteiger partial charge in [0.05, 0.1) is 11.4 Å². The van der Waals surface area contributed by atoms with Crippen molar-refractivity contribution in [1.82, 2.24) is 4.90 Å². The Balaban J connectivity index is 2.75. The van der Waals surface area contributed by atoms with Gasteiger partial charge in [0.15, 0.2) is 0 Å². The summed E-state index contributed by atoms with van der Waals surface area (Å²) in [7, 11) is 0. The number of halogens is 1. The van der Waals surface area contributed by atoms with Crippen LogP contribution in [0.2, 0.25) is 0 Å². The van der Waals surface area contributed by atoms with E-state index in [0.717, 1.165) is 6.07 Å². The lowest BCUT2D eigenvalue weighted by molar-refractivity contribution is -0.130. The van der Waals surface area contributed by atoms with Crippen LogP contribution in [0.3, 0.4) is 0 Å². The quantitative estimate of drug-likeness (QED) is 0.667. The van der Waals surface area contributed by atoms with Crippen LogP contribution in [0.1, 0.15) is 30.6 Å². The van der Waals surface area contributed by atoms with Gasteiger partial charge in [-0.15, -0.1) is 0 Å². The molecular weight excluding hydrogens is 277 g/mol. The second kappa shape index (κ2) is 7.47. The van der Waals surface area contributed by atoms with Crippen molar-refractivity contribution in [1.29, 1.82) is 0 Å². The number of nitrogens with one attached hydrogen (secondary N) is 1. The molecule has 7 heteroatoms. The first-order valence-electron chi connectivity index (χ1n) is 6.75. The zero-order valence-electron chi connectivity index (χ0n) is 12.1. The number of amides is 1. The van der Waals surface area contributed by atoms with E-state index >= 15 is 0 Å². The highest BCUT2D eigenvalue weighted by Crippen LogP contribution is 2.25. The predicted octanol–water partition coefficient (Wildman–Crippen LogP) is 1.78. The van der Waals surface area contributed by atoms with E-state index in [1.807, 2.05) is 13.8 Å². The molecule has 0 aliphatic carbocycles. The summed E-state index contributed by atoms with van der Waals surface area (Å²) in [6, 6.07) is 2.40. The molecule has 0 aliphatic heterocycles. The van der Waals surface area contributed by atoms with Gasteiger partial charge in [0.1, 0.15) is 11.4 Å². The monoisotopic (exact) mass is 297 g/mol. The van der Waals surface area contributed by atoms with Crippen LogP contribution in [0.4, 0.5) is 15.8 Å². The summed E-state index contributed by atoms with van der Waals surface area (Å²) < 4.78 is 13.3. The molecule has 1 aromatic rings. The Bertz CT molecular complexity index is 530. The summed E-state index contributed by atoms with van der Waals surface area (Å²) in [6.45, 7) is 5.27. The third-order valence-corrected chi connectivity index (χ3v) is 3.18. The van der Waals surface area contributed by atoms with E-state index in [9.17, 15) is 14.0 Å². The lowest BCUT2D eigenvalue weighted by atomic mass is 10.1. The van der Waals surface area contributed by atoms with E-state index in [1.165, 1.54) is 6.07 Å². The van der Waals surface area contributed by atoms with Crippen molar-refractivity contribution >= 4 is 23.3 Å². The van der Waals surface area contributed by atoms with Crippen LogP contribution in [0.5, 0.6) is 0 Å². The molecule has 0 aliphatic rings. The van der Waals surface area contributed by atoms with Gasteiger partial charge in [0, 0.05) is 26.1 Å². The van der Waals surface area contributed by atoms with Gasteiger partial charge in [0.2, 0.25) is 5.91 Å². The van der Waals surface area contributed by atoms with Crippen molar-refractivity contribution in [3.8, 4) is 0 Å². The van der Waals surface area contributed by atoms with E-state index in [2.05, 4.69) is 5.32 Å². The molecule has 0 bridgehead atoms. The molecule has 0 fully saturated rings. The van der Waals surface area contributed by atoms with Crippen molar-refractivity contribution in [2.24, 2.45) is 0 Å². The molecule has 0 atom stereocenters. The lowest BCUT2D eigenvalue weighted by Gasteiger charge is -2.19. The molecule has 116 valence electrons. The third-order valence-electron chi connectivity index (χ3n) is 3.18. The highest BCUT2D eigenvalue weighted by atomic mass is 19.1. The minimum Gasteiger partial charge on any atom is -0.478 e. The fraction of sp³-hybridized carbons (Fsp3) is 0.429. The second-order valence-electron chi connectivity index (χ2n) is 4.43. The third kappa shape index (κ3) is 4.08. The molecule has 0 unspecified atom stereocenters. The topological polar surface area (TPSA) is 95.7 Å². The largest absolute Gasteiger partial charge is 0.478 e. The number of rotatable bonds is 7. The maximum Gasteiger partial charge on any atom is 0.340 e. The Morgan fingerprint density at radius 1 is 1.33 bits per heavy atom.